The number of aromatic nitrogens is 3. The van der Waals surface area contributed by atoms with Gasteiger partial charge in [-0.15, -0.1) is 0 Å². The second kappa shape index (κ2) is 9.73. The molecule has 2 N–H and O–H groups in total. The van der Waals surface area contributed by atoms with Crippen molar-refractivity contribution in [2.45, 2.75) is 58.7 Å². The summed E-state index contributed by atoms with van der Waals surface area (Å²) in [5.74, 6) is -0.531. The maximum absolute atomic E-state index is 12.8. The average molecular weight is 425 g/mol. The van der Waals surface area contributed by atoms with Crippen molar-refractivity contribution in [3.05, 3.63) is 41.3 Å². The molecule has 2 rings (SSSR count). The van der Waals surface area contributed by atoms with Crippen LogP contribution in [0.25, 0.3) is 5.82 Å². The fourth-order valence-corrected chi connectivity index (χ4v) is 2.78. The molecule has 2 aromatic rings. The third-order valence-corrected chi connectivity index (χ3v) is 4.55. The predicted molar refractivity (Wildman–Crippen MR) is 105 cm³/mol. The van der Waals surface area contributed by atoms with Crippen molar-refractivity contribution in [1.29, 1.82) is 0 Å². The zero-order valence-electron chi connectivity index (χ0n) is 17.4. The number of rotatable bonds is 8. The molecule has 1 unspecified atom stereocenters. The van der Waals surface area contributed by atoms with Crippen LogP contribution in [0.5, 0.6) is 0 Å². The lowest BCUT2D eigenvalue weighted by atomic mass is 10.1. The first kappa shape index (κ1) is 23.4. The first-order chi connectivity index (χ1) is 14.0. The van der Waals surface area contributed by atoms with E-state index in [1.807, 2.05) is 27.7 Å². The van der Waals surface area contributed by atoms with Gasteiger partial charge in [-0.05, 0) is 31.4 Å². The maximum Gasteiger partial charge on any atom is 0.417 e. The van der Waals surface area contributed by atoms with Gasteiger partial charge in [-0.1, -0.05) is 20.8 Å². The molecule has 2 aromatic heterocycles. The van der Waals surface area contributed by atoms with Gasteiger partial charge in [-0.25, -0.2) is 9.67 Å². The number of hydrogen-bond acceptors (Lipinski definition) is 4. The summed E-state index contributed by atoms with van der Waals surface area (Å²) in [4.78, 5) is 28.3. The van der Waals surface area contributed by atoms with Gasteiger partial charge in [0.2, 0.25) is 5.91 Å². The van der Waals surface area contributed by atoms with Crippen LogP contribution in [-0.2, 0) is 11.0 Å². The fraction of sp³-hybridized carbons (Fsp3) is 0.500. The molecule has 0 bridgehead atoms. The van der Waals surface area contributed by atoms with Gasteiger partial charge < -0.3 is 10.6 Å². The minimum atomic E-state index is -4.48. The standard InChI is InChI=1S/C20H26F3N5O2/c1-5-13(4)27-17(29)8-9-24-19(30)15-11-26-28(18(15)12(2)3)16-7-6-14(10-25-16)20(21,22)23/h6-7,10-13H,5,8-9H2,1-4H3,(H,24,30)(H,27,29). The Morgan fingerprint density at radius 3 is 2.40 bits per heavy atom. The summed E-state index contributed by atoms with van der Waals surface area (Å²) in [6, 6.07) is 2.20. The van der Waals surface area contributed by atoms with E-state index in [1.165, 1.54) is 16.9 Å². The van der Waals surface area contributed by atoms with Crippen LogP contribution in [-0.4, -0.2) is 39.2 Å². The summed E-state index contributed by atoms with van der Waals surface area (Å²) in [5.41, 5.74) is -0.0593. The van der Waals surface area contributed by atoms with E-state index in [0.29, 0.717) is 5.69 Å². The minimum Gasteiger partial charge on any atom is -0.354 e. The van der Waals surface area contributed by atoms with Crippen LogP contribution in [0, 0.1) is 0 Å². The van der Waals surface area contributed by atoms with E-state index in [2.05, 4.69) is 20.7 Å². The molecule has 0 aliphatic carbocycles. The number of carbonyl (C=O) groups is 2. The Morgan fingerprint density at radius 2 is 1.87 bits per heavy atom. The molecular weight excluding hydrogens is 399 g/mol. The average Bonchev–Trinajstić information content (AvgIpc) is 3.12. The first-order valence-electron chi connectivity index (χ1n) is 9.73. The van der Waals surface area contributed by atoms with E-state index in [0.717, 1.165) is 18.7 Å². The largest absolute Gasteiger partial charge is 0.417 e. The number of hydrogen-bond donors (Lipinski definition) is 2. The van der Waals surface area contributed by atoms with Crippen LogP contribution < -0.4 is 10.6 Å². The van der Waals surface area contributed by atoms with E-state index >= 15 is 0 Å². The van der Waals surface area contributed by atoms with E-state index in [-0.39, 0.29) is 42.2 Å². The van der Waals surface area contributed by atoms with Crippen LogP contribution in [0.1, 0.15) is 68.1 Å². The number of pyridine rings is 1. The highest BCUT2D eigenvalue weighted by Crippen LogP contribution is 2.29. The quantitative estimate of drug-likeness (QED) is 0.678. The summed E-state index contributed by atoms with van der Waals surface area (Å²) < 4.78 is 39.6. The number of halogens is 3. The Morgan fingerprint density at radius 1 is 1.17 bits per heavy atom. The number of carbonyl (C=O) groups excluding carboxylic acids is 2. The summed E-state index contributed by atoms with van der Waals surface area (Å²) in [7, 11) is 0. The summed E-state index contributed by atoms with van der Waals surface area (Å²) in [6.07, 6.45) is -1.45. The molecule has 0 aliphatic heterocycles. The van der Waals surface area contributed by atoms with Gasteiger partial charge in [0, 0.05) is 25.2 Å². The molecule has 2 heterocycles. The molecule has 0 radical (unpaired) electrons. The second-order valence-electron chi connectivity index (χ2n) is 7.30. The number of alkyl halides is 3. The Labute approximate surface area is 173 Å². The molecule has 0 spiro atoms. The lowest BCUT2D eigenvalue weighted by Gasteiger charge is -2.14. The van der Waals surface area contributed by atoms with Crippen LogP contribution in [0.4, 0.5) is 13.2 Å². The monoisotopic (exact) mass is 425 g/mol. The molecule has 164 valence electrons. The van der Waals surface area contributed by atoms with Gasteiger partial charge in [0.25, 0.3) is 5.91 Å². The molecule has 30 heavy (non-hydrogen) atoms. The lowest BCUT2D eigenvalue weighted by Crippen LogP contribution is -2.35. The highest BCUT2D eigenvalue weighted by molar-refractivity contribution is 5.95. The maximum atomic E-state index is 12.8. The highest BCUT2D eigenvalue weighted by Gasteiger charge is 2.31. The SMILES string of the molecule is CCC(C)NC(=O)CCNC(=O)c1cnn(-c2ccc(C(F)(F)F)cn2)c1C(C)C. The van der Waals surface area contributed by atoms with Crippen LogP contribution in [0.15, 0.2) is 24.5 Å². The zero-order chi connectivity index (χ0) is 22.5. The molecule has 1 atom stereocenters. The normalized spacial score (nSPS) is 12.7. The van der Waals surface area contributed by atoms with Gasteiger partial charge >= 0.3 is 6.18 Å². The second-order valence-corrected chi connectivity index (χ2v) is 7.30. The van der Waals surface area contributed by atoms with Crippen molar-refractivity contribution < 1.29 is 22.8 Å². The molecule has 0 fully saturated rings. The van der Waals surface area contributed by atoms with Crippen molar-refractivity contribution in [2.75, 3.05) is 6.54 Å². The molecule has 0 aliphatic rings. The minimum absolute atomic E-state index is 0.0650. The Bertz CT molecular complexity index is 876. The van der Waals surface area contributed by atoms with Gasteiger partial charge in [0.15, 0.2) is 5.82 Å². The molecule has 0 saturated carbocycles. The summed E-state index contributed by atoms with van der Waals surface area (Å²) >= 11 is 0. The van der Waals surface area contributed by atoms with Crippen molar-refractivity contribution in [2.24, 2.45) is 0 Å². The highest BCUT2D eigenvalue weighted by atomic mass is 19.4. The zero-order valence-corrected chi connectivity index (χ0v) is 17.4. The van der Waals surface area contributed by atoms with Gasteiger partial charge in [-0.2, -0.15) is 18.3 Å². The van der Waals surface area contributed by atoms with Crippen molar-refractivity contribution >= 4 is 11.8 Å². The number of nitrogens with one attached hydrogen (secondary N) is 2. The van der Waals surface area contributed by atoms with E-state index < -0.39 is 17.6 Å². The lowest BCUT2D eigenvalue weighted by molar-refractivity contribution is -0.137. The molecule has 0 aromatic carbocycles. The third kappa shape index (κ3) is 5.80. The first-order valence-corrected chi connectivity index (χ1v) is 9.73. The Kier molecular flexibility index (Phi) is 7.58. The molecule has 7 nitrogen and oxygen atoms in total. The topological polar surface area (TPSA) is 88.9 Å². The van der Waals surface area contributed by atoms with Crippen molar-refractivity contribution in [1.82, 2.24) is 25.4 Å². The van der Waals surface area contributed by atoms with Crippen LogP contribution in [0.2, 0.25) is 0 Å². The van der Waals surface area contributed by atoms with E-state index in [4.69, 9.17) is 0 Å². The molecule has 2 amide bonds. The fourth-order valence-electron chi connectivity index (χ4n) is 2.78. The smallest absolute Gasteiger partial charge is 0.354 e. The predicted octanol–water partition coefficient (Wildman–Crippen LogP) is 3.44. The van der Waals surface area contributed by atoms with Crippen LogP contribution in [0.3, 0.4) is 0 Å². The van der Waals surface area contributed by atoms with Crippen molar-refractivity contribution in [3.63, 3.8) is 0 Å². The summed E-state index contributed by atoms with van der Waals surface area (Å²) in [6.45, 7) is 7.70. The molecule has 10 heteroatoms. The third-order valence-electron chi connectivity index (χ3n) is 4.55. The van der Waals surface area contributed by atoms with Gasteiger partial charge in [-0.3, -0.25) is 9.59 Å². The van der Waals surface area contributed by atoms with Crippen LogP contribution >= 0.6 is 0 Å². The van der Waals surface area contributed by atoms with Gasteiger partial charge in [0.05, 0.1) is 23.0 Å². The van der Waals surface area contributed by atoms with E-state index in [9.17, 15) is 22.8 Å². The van der Waals surface area contributed by atoms with Gasteiger partial charge in [0.1, 0.15) is 0 Å². The number of nitrogens with zero attached hydrogens (tertiary/aromatic N) is 3. The molecular formula is C20H26F3N5O2. The van der Waals surface area contributed by atoms with E-state index in [1.54, 1.807) is 0 Å². The summed E-state index contributed by atoms with van der Waals surface area (Å²) in [5, 5.41) is 9.65. The number of amides is 2. The Balaban J connectivity index is 2.14. The van der Waals surface area contributed by atoms with Crippen molar-refractivity contribution in [3.8, 4) is 5.82 Å². The Hall–Kier alpha value is -2.91. The molecule has 0 saturated heterocycles.